The number of benzene rings is 1. The normalized spacial score (nSPS) is 19.1. The van der Waals surface area contributed by atoms with E-state index in [2.05, 4.69) is 12.1 Å². The number of hydrogen-bond donors (Lipinski definition) is 2. The van der Waals surface area contributed by atoms with E-state index in [1.165, 1.54) is 18.4 Å². The van der Waals surface area contributed by atoms with Crippen LogP contribution in [0.4, 0.5) is 0 Å². The first-order valence-electron chi connectivity index (χ1n) is 10.3. The summed E-state index contributed by atoms with van der Waals surface area (Å²) < 4.78 is 5.87. The fourth-order valence-electron chi connectivity index (χ4n) is 4.46. The highest BCUT2D eigenvalue weighted by Gasteiger charge is 2.43. The van der Waals surface area contributed by atoms with Crippen LogP contribution in [-0.4, -0.2) is 23.2 Å². The van der Waals surface area contributed by atoms with Crippen LogP contribution in [0.5, 0.6) is 0 Å². The summed E-state index contributed by atoms with van der Waals surface area (Å²) in [6.07, 6.45) is 11.3. The summed E-state index contributed by atoms with van der Waals surface area (Å²) in [5, 5.41) is 8.55. The van der Waals surface area contributed by atoms with Crippen LogP contribution in [0.25, 0.3) is 0 Å². The van der Waals surface area contributed by atoms with Crippen molar-refractivity contribution in [2.75, 3.05) is 0 Å². The number of hydrogen-bond acceptors (Lipinski definition) is 4. The van der Waals surface area contributed by atoms with Gasteiger partial charge in [-0.25, -0.2) is 5.48 Å². The SMILES string of the molecule is O=C(CCc1ccc(CCC2(C(=O)OC3CCCC3)CCCC2)cc1)NO. The van der Waals surface area contributed by atoms with Crippen molar-refractivity contribution in [2.24, 2.45) is 5.41 Å². The van der Waals surface area contributed by atoms with Gasteiger partial charge in [0.25, 0.3) is 0 Å². The van der Waals surface area contributed by atoms with E-state index in [0.717, 1.165) is 56.9 Å². The van der Waals surface area contributed by atoms with Crippen molar-refractivity contribution >= 4 is 11.9 Å². The number of rotatable bonds is 8. The Hall–Kier alpha value is -1.88. The largest absolute Gasteiger partial charge is 0.462 e. The molecule has 0 saturated heterocycles. The molecule has 0 heterocycles. The van der Waals surface area contributed by atoms with Crippen LogP contribution in [0.15, 0.2) is 24.3 Å². The Morgan fingerprint density at radius 2 is 1.59 bits per heavy atom. The van der Waals surface area contributed by atoms with Gasteiger partial charge in [-0.3, -0.25) is 14.8 Å². The molecule has 1 aromatic rings. The Balaban J connectivity index is 1.54. The average Bonchev–Trinajstić information content (AvgIpc) is 3.38. The van der Waals surface area contributed by atoms with E-state index in [0.29, 0.717) is 6.42 Å². The molecule has 0 unspecified atom stereocenters. The minimum absolute atomic E-state index is 0.0403. The van der Waals surface area contributed by atoms with E-state index in [1.54, 1.807) is 5.48 Å². The fourth-order valence-corrected chi connectivity index (χ4v) is 4.46. The number of nitrogens with one attached hydrogen (secondary N) is 1. The van der Waals surface area contributed by atoms with E-state index in [9.17, 15) is 9.59 Å². The first-order valence-corrected chi connectivity index (χ1v) is 10.3. The Labute approximate surface area is 161 Å². The lowest BCUT2D eigenvalue weighted by Gasteiger charge is -2.28. The van der Waals surface area contributed by atoms with Crippen LogP contribution in [0.1, 0.15) is 75.3 Å². The molecule has 0 bridgehead atoms. The fraction of sp³-hybridized carbons (Fsp3) is 0.636. The van der Waals surface area contributed by atoms with Gasteiger partial charge in [-0.05, 0) is 68.9 Å². The van der Waals surface area contributed by atoms with Gasteiger partial charge in [0.05, 0.1) is 5.41 Å². The minimum Gasteiger partial charge on any atom is -0.462 e. The van der Waals surface area contributed by atoms with E-state index in [4.69, 9.17) is 9.94 Å². The Morgan fingerprint density at radius 1 is 1.00 bits per heavy atom. The molecular formula is C22H31NO4. The molecule has 2 aliphatic rings. The number of carbonyl (C=O) groups is 2. The van der Waals surface area contributed by atoms with E-state index in [-0.39, 0.29) is 29.8 Å². The summed E-state index contributed by atoms with van der Waals surface area (Å²) in [5.41, 5.74) is 3.65. The standard InChI is InChI=1S/C22H31NO4/c24-20(23-26)12-11-17-7-9-18(10-8-17)13-16-22(14-3-4-15-22)21(25)27-19-5-1-2-6-19/h7-10,19,26H,1-6,11-16H2,(H,23,24). The highest BCUT2D eigenvalue weighted by molar-refractivity contribution is 5.77. The van der Waals surface area contributed by atoms with Gasteiger partial charge in [-0.2, -0.15) is 0 Å². The number of amides is 1. The van der Waals surface area contributed by atoms with Crippen molar-refractivity contribution < 1.29 is 19.5 Å². The van der Waals surface area contributed by atoms with Crippen LogP contribution in [-0.2, 0) is 27.2 Å². The first-order chi connectivity index (χ1) is 13.1. The molecule has 0 atom stereocenters. The molecule has 2 fully saturated rings. The molecule has 0 aromatic heterocycles. The van der Waals surface area contributed by atoms with Crippen LogP contribution < -0.4 is 5.48 Å². The molecule has 2 N–H and O–H groups in total. The zero-order chi connectivity index (χ0) is 19.1. The van der Waals surface area contributed by atoms with Crippen LogP contribution in [0, 0.1) is 5.41 Å². The zero-order valence-electron chi connectivity index (χ0n) is 16.0. The van der Waals surface area contributed by atoms with Gasteiger partial charge in [0.2, 0.25) is 5.91 Å². The van der Waals surface area contributed by atoms with Crippen molar-refractivity contribution in [3.05, 3.63) is 35.4 Å². The molecule has 0 spiro atoms. The molecule has 1 aromatic carbocycles. The van der Waals surface area contributed by atoms with Gasteiger partial charge < -0.3 is 4.74 Å². The lowest BCUT2D eigenvalue weighted by atomic mass is 9.80. The zero-order valence-corrected chi connectivity index (χ0v) is 16.0. The number of hydroxylamine groups is 1. The van der Waals surface area contributed by atoms with Gasteiger partial charge >= 0.3 is 5.97 Å². The monoisotopic (exact) mass is 373 g/mol. The van der Waals surface area contributed by atoms with Gasteiger partial charge in [0, 0.05) is 6.42 Å². The van der Waals surface area contributed by atoms with Crippen LogP contribution >= 0.6 is 0 Å². The molecule has 5 nitrogen and oxygen atoms in total. The van der Waals surface area contributed by atoms with Gasteiger partial charge in [0.1, 0.15) is 6.10 Å². The summed E-state index contributed by atoms with van der Waals surface area (Å²) in [6, 6.07) is 8.21. The predicted octanol–water partition coefficient (Wildman–Crippen LogP) is 4.10. The smallest absolute Gasteiger partial charge is 0.312 e. The van der Waals surface area contributed by atoms with Crippen molar-refractivity contribution in [3.63, 3.8) is 0 Å². The molecule has 1 amide bonds. The van der Waals surface area contributed by atoms with Gasteiger partial charge in [-0.15, -0.1) is 0 Å². The second kappa shape index (κ2) is 9.36. The number of aryl methyl sites for hydroxylation is 2. The van der Waals surface area contributed by atoms with Crippen molar-refractivity contribution in [3.8, 4) is 0 Å². The molecular weight excluding hydrogens is 342 g/mol. The maximum Gasteiger partial charge on any atom is 0.312 e. The van der Waals surface area contributed by atoms with Crippen molar-refractivity contribution in [1.29, 1.82) is 0 Å². The highest BCUT2D eigenvalue weighted by atomic mass is 16.5. The summed E-state index contributed by atoms with van der Waals surface area (Å²) >= 11 is 0. The first kappa shape index (κ1) is 19.9. The second-order valence-corrected chi connectivity index (χ2v) is 8.15. The Morgan fingerprint density at radius 3 is 2.19 bits per heavy atom. The third-order valence-corrected chi connectivity index (χ3v) is 6.25. The molecule has 3 rings (SSSR count). The maximum atomic E-state index is 12.9. The Bertz CT molecular complexity index is 628. The molecule has 27 heavy (non-hydrogen) atoms. The predicted molar refractivity (Wildman–Crippen MR) is 102 cm³/mol. The quantitative estimate of drug-likeness (QED) is 0.409. The lowest BCUT2D eigenvalue weighted by Crippen LogP contribution is -2.33. The molecule has 2 saturated carbocycles. The lowest BCUT2D eigenvalue weighted by molar-refractivity contribution is -0.161. The van der Waals surface area contributed by atoms with E-state index < -0.39 is 0 Å². The van der Waals surface area contributed by atoms with Gasteiger partial charge in [-0.1, -0.05) is 37.1 Å². The summed E-state index contributed by atoms with van der Waals surface area (Å²) in [6.45, 7) is 0. The summed E-state index contributed by atoms with van der Waals surface area (Å²) in [5.74, 6) is -0.332. The maximum absolute atomic E-state index is 12.9. The van der Waals surface area contributed by atoms with Gasteiger partial charge in [0.15, 0.2) is 0 Å². The molecule has 5 heteroatoms. The second-order valence-electron chi connectivity index (χ2n) is 8.15. The number of esters is 1. The summed E-state index contributed by atoms with van der Waals surface area (Å²) in [4.78, 5) is 24.0. The summed E-state index contributed by atoms with van der Waals surface area (Å²) in [7, 11) is 0. The number of carbonyl (C=O) groups excluding carboxylic acids is 2. The van der Waals surface area contributed by atoms with Crippen molar-refractivity contribution in [1.82, 2.24) is 5.48 Å². The topological polar surface area (TPSA) is 75.6 Å². The highest BCUT2D eigenvalue weighted by Crippen LogP contribution is 2.44. The average molecular weight is 373 g/mol. The van der Waals surface area contributed by atoms with Crippen LogP contribution in [0.3, 0.4) is 0 Å². The molecule has 0 aliphatic heterocycles. The van der Waals surface area contributed by atoms with E-state index in [1.807, 2.05) is 12.1 Å². The third-order valence-electron chi connectivity index (χ3n) is 6.25. The van der Waals surface area contributed by atoms with Crippen LogP contribution in [0.2, 0.25) is 0 Å². The Kier molecular flexibility index (Phi) is 6.89. The minimum atomic E-state index is -0.372. The van der Waals surface area contributed by atoms with E-state index >= 15 is 0 Å². The number of ether oxygens (including phenoxy) is 1. The molecule has 2 aliphatic carbocycles. The third kappa shape index (κ3) is 5.32. The van der Waals surface area contributed by atoms with Crippen molar-refractivity contribution in [2.45, 2.75) is 83.2 Å². The molecule has 0 radical (unpaired) electrons. The molecule has 148 valence electrons.